The molecule has 2 heterocycles. The van der Waals surface area contributed by atoms with Gasteiger partial charge in [-0.1, -0.05) is 53.7 Å². The summed E-state index contributed by atoms with van der Waals surface area (Å²) in [7, 11) is 0. The molecule has 2 heteroatoms. The van der Waals surface area contributed by atoms with Crippen molar-refractivity contribution in [2.75, 3.05) is 0 Å². The molecule has 0 aliphatic rings. The van der Waals surface area contributed by atoms with E-state index in [9.17, 15) is 0 Å². The number of hydrogen-bond donors (Lipinski definition) is 0. The van der Waals surface area contributed by atoms with Crippen LogP contribution in [0.25, 0.3) is 11.4 Å². The van der Waals surface area contributed by atoms with Gasteiger partial charge in [0.2, 0.25) is 0 Å². The third-order valence-corrected chi connectivity index (χ3v) is 4.32. The third-order valence-electron chi connectivity index (χ3n) is 4.32. The van der Waals surface area contributed by atoms with Crippen molar-refractivity contribution in [3.05, 3.63) is 47.8 Å². The monoisotopic (exact) mass is 282 g/mol. The molecule has 0 unspecified atom stereocenters. The molecule has 2 nitrogen and oxygen atoms in total. The zero-order valence-corrected chi connectivity index (χ0v) is 14.1. The van der Waals surface area contributed by atoms with E-state index in [0.717, 1.165) is 17.8 Å². The summed E-state index contributed by atoms with van der Waals surface area (Å²) in [5.74, 6) is 0. The number of rotatable bonds is 3. The molecule has 2 aromatic rings. The van der Waals surface area contributed by atoms with Crippen LogP contribution >= 0.6 is 0 Å². The summed E-state index contributed by atoms with van der Waals surface area (Å²) >= 11 is 0. The van der Waals surface area contributed by atoms with E-state index in [4.69, 9.17) is 0 Å². The third kappa shape index (κ3) is 3.49. The summed E-state index contributed by atoms with van der Waals surface area (Å²) in [4.78, 5) is 9.16. The summed E-state index contributed by atoms with van der Waals surface area (Å²) < 4.78 is 0. The largest absolute Gasteiger partial charge is 0.254 e. The minimum Gasteiger partial charge on any atom is -0.254 e. The highest BCUT2D eigenvalue weighted by molar-refractivity contribution is 5.54. The summed E-state index contributed by atoms with van der Waals surface area (Å²) in [5, 5.41) is 0. The van der Waals surface area contributed by atoms with Crippen molar-refractivity contribution in [1.82, 2.24) is 9.97 Å². The lowest BCUT2D eigenvalue weighted by Gasteiger charge is -2.22. The van der Waals surface area contributed by atoms with E-state index >= 15 is 0 Å². The van der Waals surface area contributed by atoms with Gasteiger partial charge in [-0.2, -0.15) is 0 Å². The maximum atomic E-state index is 4.59. The molecule has 0 spiro atoms. The Balaban J connectivity index is 2.27. The Labute approximate surface area is 128 Å². The molecule has 0 radical (unpaired) electrons. The van der Waals surface area contributed by atoms with Crippen molar-refractivity contribution in [2.45, 2.75) is 58.8 Å². The summed E-state index contributed by atoms with van der Waals surface area (Å²) in [6, 6.07) is 8.46. The van der Waals surface area contributed by atoms with Crippen LogP contribution in [0, 0.1) is 0 Å². The highest BCUT2D eigenvalue weighted by Crippen LogP contribution is 2.28. The van der Waals surface area contributed by atoms with Crippen LogP contribution in [0.5, 0.6) is 0 Å². The topological polar surface area (TPSA) is 25.8 Å². The zero-order chi connectivity index (χ0) is 15.7. The molecule has 0 N–H and O–H groups in total. The van der Waals surface area contributed by atoms with Crippen LogP contribution in [0.15, 0.2) is 36.7 Å². The van der Waals surface area contributed by atoms with Gasteiger partial charge in [0, 0.05) is 12.4 Å². The van der Waals surface area contributed by atoms with E-state index in [1.807, 2.05) is 12.4 Å². The first-order valence-electron chi connectivity index (χ1n) is 7.67. The molecule has 0 fully saturated rings. The second-order valence-electron chi connectivity index (χ2n) is 7.35. The Hall–Kier alpha value is -1.70. The van der Waals surface area contributed by atoms with E-state index in [-0.39, 0.29) is 10.8 Å². The molecule has 0 aliphatic carbocycles. The van der Waals surface area contributed by atoms with Crippen LogP contribution in [-0.2, 0) is 10.8 Å². The quantitative estimate of drug-likeness (QED) is 0.780. The highest BCUT2D eigenvalue weighted by Gasteiger charge is 2.18. The molecule has 21 heavy (non-hydrogen) atoms. The van der Waals surface area contributed by atoms with Crippen molar-refractivity contribution in [3.8, 4) is 11.4 Å². The van der Waals surface area contributed by atoms with Gasteiger partial charge in [0.1, 0.15) is 0 Å². The van der Waals surface area contributed by atoms with Gasteiger partial charge in [-0.15, -0.1) is 0 Å². The fraction of sp³-hybridized carbons (Fsp3) is 0.474. The highest BCUT2D eigenvalue weighted by atomic mass is 14.8. The molecule has 0 saturated carbocycles. The van der Waals surface area contributed by atoms with Crippen LogP contribution in [0.1, 0.15) is 59.1 Å². The molecule has 0 aliphatic heterocycles. The van der Waals surface area contributed by atoms with E-state index < -0.39 is 0 Å². The molecule has 0 atom stereocenters. The Morgan fingerprint density at radius 2 is 1.24 bits per heavy atom. The van der Waals surface area contributed by atoms with Crippen molar-refractivity contribution < 1.29 is 0 Å². The second kappa shape index (κ2) is 5.59. The molecule has 0 bridgehead atoms. The number of pyridine rings is 2. The van der Waals surface area contributed by atoms with E-state index in [0.29, 0.717) is 0 Å². The van der Waals surface area contributed by atoms with Crippen molar-refractivity contribution in [2.24, 2.45) is 0 Å². The van der Waals surface area contributed by atoms with Gasteiger partial charge in [0.25, 0.3) is 0 Å². The zero-order valence-electron chi connectivity index (χ0n) is 14.1. The van der Waals surface area contributed by atoms with Crippen molar-refractivity contribution >= 4 is 0 Å². The molecule has 112 valence electrons. The first-order chi connectivity index (χ1) is 9.74. The van der Waals surface area contributed by atoms with Crippen LogP contribution in [0.4, 0.5) is 0 Å². The van der Waals surface area contributed by atoms with Gasteiger partial charge in [-0.05, 0) is 40.5 Å². The van der Waals surface area contributed by atoms with Gasteiger partial charge >= 0.3 is 0 Å². The first kappa shape index (κ1) is 15.7. The van der Waals surface area contributed by atoms with Gasteiger partial charge in [0.15, 0.2) is 0 Å². The van der Waals surface area contributed by atoms with Gasteiger partial charge in [0.05, 0.1) is 11.4 Å². The molecule has 0 amide bonds. The smallest absolute Gasteiger partial charge is 0.0886 e. The Morgan fingerprint density at radius 1 is 0.762 bits per heavy atom. The lowest BCUT2D eigenvalue weighted by molar-refractivity contribution is 0.504. The van der Waals surface area contributed by atoms with Gasteiger partial charge < -0.3 is 0 Å². The number of aromatic nitrogens is 2. The Morgan fingerprint density at radius 3 is 1.57 bits per heavy atom. The fourth-order valence-electron chi connectivity index (χ4n) is 2.14. The van der Waals surface area contributed by atoms with Gasteiger partial charge in [-0.25, -0.2) is 0 Å². The van der Waals surface area contributed by atoms with Crippen molar-refractivity contribution in [1.29, 1.82) is 0 Å². The standard InChI is InChI=1S/C19H26N2/c1-7-19(5,6)15-9-11-17(21-13-15)16-10-8-14(12-20-16)18(2,3)4/h8-13H,7H2,1-6H3. The average Bonchev–Trinajstić information content (AvgIpc) is 2.47. The minimum atomic E-state index is 0.133. The molecule has 2 rings (SSSR count). The van der Waals surface area contributed by atoms with Crippen LogP contribution in [0.3, 0.4) is 0 Å². The number of nitrogens with zero attached hydrogens (tertiary/aromatic N) is 2. The number of hydrogen-bond acceptors (Lipinski definition) is 2. The summed E-state index contributed by atoms with van der Waals surface area (Å²) in [6.07, 6.45) is 5.05. The van der Waals surface area contributed by atoms with Crippen LogP contribution < -0.4 is 0 Å². The minimum absolute atomic E-state index is 0.133. The van der Waals surface area contributed by atoms with Gasteiger partial charge in [-0.3, -0.25) is 9.97 Å². The summed E-state index contributed by atoms with van der Waals surface area (Å²) in [6.45, 7) is 13.3. The lowest BCUT2D eigenvalue weighted by Crippen LogP contribution is -2.15. The van der Waals surface area contributed by atoms with Crippen LogP contribution in [0.2, 0.25) is 0 Å². The van der Waals surface area contributed by atoms with E-state index in [2.05, 4.69) is 75.8 Å². The normalized spacial score (nSPS) is 12.5. The first-order valence-corrected chi connectivity index (χ1v) is 7.67. The summed E-state index contributed by atoms with van der Waals surface area (Å²) in [5.41, 5.74) is 4.70. The van der Waals surface area contributed by atoms with E-state index in [1.165, 1.54) is 11.1 Å². The average molecular weight is 282 g/mol. The molecular formula is C19H26N2. The fourth-order valence-corrected chi connectivity index (χ4v) is 2.14. The Bertz CT molecular complexity index is 587. The molecule has 0 aromatic carbocycles. The molecular weight excluding hydrogens is 256 g/mol. The van der Waals surface area contributed by atoms with E-state index in [1.54, 1.807) is 0 Å². The second-order valence-corrected chi connectivity index (χ2v) is 7.35. The lowest BCUT2D eigenvalue weighted by atomic mass is 9.83. The molecule has 2 aromatic heterocycles. The maximum absolute atomic E-state index is 4.59. The Kier molecular flexibility index (Phi) is 4.18. The maximum Gasteiger partial charge on any atom is 0.0886 e. The van der Waals surface area contributed by atoms with Crippen molar-refractivity contribution in [3.63, 3.8) is 0 Å². The SMILES string of the molecule is CCC(C)(C)c1ccc(-c2ccc(C(C)(C)C)cn2)nc1. The van der Waals surface area contributed by atoms with Crippen LogP contribution in [-0.4, -0.2) is 9.97 Å². The molecule has 0 saturated heterocycles. The predicted octanol–water partition coefficient (Wildman–Crippen LogP) is 5.13. The predicted molar refractivity (Wildman–Crippen MR) is 89.5 cm³/mol.